The second-order valence-electron chi connectivity index (χ2n) is 4.68. The molecule has 0 fully saturated rings. The number of rotatable bonds is 6. The summed E-state index contributed by atoms with van der Waals surface area (Å²) >= 11 is 0. The van der Waals surface area contributed by atoms with Gasteiger partial charge in [0.15, 0.2) is 0 Å². The summed E-state index contributed by atoms with van der Waals surface area (Å²) in [7, 11) is 0. The van der Waals surface area contributed by atoms with Crippen LogP contribution in [-0.2, 0) is 6.42 Å². The molecule has 0 aliphatic rings. The maximum Gasteiger partial charge on any atom is 0.119 e. The smallest absolute Gasteiger partial charge is 0.119 e. The number of aliphatic hydroxyl groups is 1. The molecule has 1 N–H and O–H groups in total. The van der Waals surface area contributed by atoms with Crippen LogP contribution in [0, 0.1) is 0 Å². The van der Waals surface area contributed by atoms with E-state index in [4.69, 9.17) is 4.74 Å². The average Bonchev–Trinajstić information content (AvgIpc) is 2.45. The summed E-state index contributed by atoms with van der Waals surface area (Å²) in [4.78, 5) is 0. The van der Waals surface area contributed by atoms with E-state index in [1.807, 2.05) is 30.3 Å². The van der Waals surface area contributed by atoms with Crippen LogP contribution in [0.1, 0.15) is 30.6 Å². The van der Waals surface area contributed by atoms with E-state index in [0.717, 1.165) is 24.2 Å². The van der Waals surface area contributed by atoms with Gasteiger partial charge in [0.05, 0.1) is 12.7 Å². The largest absolute Gasteiger partial charge is 0.494 e. The predicted molar refractivity (Wildman–Crippen MR) is 77.3 cm³/mol. The number of hydrogen-bond donors (Lipinski definition) is 1. The fraction of sp³-hybridized carbons (Fsp3) is 0.294. The summed E-state index contributed by atoms with van der Waals surface area (Å²) in [6.45, 7) is 2.47. The Balaban J connectivity index is 1.74. The molecule has 2 rings (SSSR count). The zero-order valence-electron chi connectivity index (χ0n) is 11.3. The predicted octanol–water partition coefficient (Wildman–Crippen LogP) is 3.75. The van der Waals surface area contributed by atoms with Gasteiger partial charge in [-0.3, -0.25) is 0 Å². The Bertz CT molecular complexity index is 474. The van der Waals surface area contributed by atoms with E-state index in [1.165, 1.54) is 5.56 Å². The molecular formula is C17H20O2. The fourth-order valence-electron chi connectivity index (χ4n) is 1.95. The van der Waals surface area contributed by atoms with Crippen LogP contribution in [-0.4, -0.2) is 11.7 Å². The summed E-state index contributed by atoms with van der Waals surface area (Å²) in [5.74, 6) is 0.859. The van der Waals surface area contributed by atoms with Crippen molar-refractivity contribution in [3.63, 3.8) is 0 Å². The zero-order chi connectivity index (χ0) is 13.5. The van der Waals surface area contributed by atoms with Crippen molar-refractivity contribution in [2.75, 3.05) is 6.61 Å². The highest BCUT2D eigenvalue weighted by Crippen LogP contribution is 2.17. The Hall–Kier alpha value is -1.80. The first-order chi connectivity index (χ1) is 9.25. The van der Waals surface area contributed by atoms with Crippen LogP contribution in [0.3, 0.4) is 0 Å². The van der Waals surface area contributed by atoms with E-state index >= 15 is 0 Å². The van der Waals surface area contributed by atoms with Gasteiger partial charge in [-0.15, -0.1) is 0 Å². The molecule has 0 aliphatic heterocycles. The third-order valence-corrected chi connectivity index (χ3v) is 3.08. The molecule has 0 unspecified atom stereocenters. The maximum absolute atomic E-state index is 9.41. The van der Waals surface area contributed by atoms with Gasteiger partial charge in [-0.1, -0.05) is 42.5 Å². The summed E-state index contributed by atoms with van der Waals surface area (Å²) in [6, 6.07) is 18.0. The zero-order valence-corrected chi connectivity index (χ0v) is 11.3. The van der Waals surface area contributed by atoms with E-state index in [9.17, 15) is 5.11 Å². The Labute approximate surface area is 114 Å². The summed E-state index contributed by atoms with van der Waals surface area (Å²) in [5, 5.41) is 9.41. The van der Waals surface area contributed by atoms with E-state index in [1.54, 1.807) is 6.92 Å². The Morgan fingerprint density at radius 1 is 1.00 bits per heavy atom. The first-order valence-corrected chi connectivity index (χ1v) is 6.70. The summed E-state index contributed by atoms with van der Waals surface area (Å²) in [5.41, 5.74) is 2.26. The number of hydrogen-bond acceptors (Lipinski definition) is 2. The molecule has 0 bridgehead atoms. The molecule has 0 radical (unpaired) electrons. The molecule has 0 heterocycles. The molecule has 0 aromatic heterocycles. The molecular weight excluding hydrogens is 236 g/mol. The molecule has 2 aromatic rings. The van der Waals surface area contributed by atoms with Gasteiger partial charge in [0.2, 0.25) is 0 Å². The van der Waals surface area contributed by atoms with Gasteiger partial charge in [0.1, 0.15) is 5.75 Å². The minimum Gasteiger partial charge on any atom is -0.494 e. The van der Waals surface area contributed by atoms with Crippen molar-refractivity contribution >= 4 is 0 Å². The van der Waals surface area contributed by atoms with E-state index < -0.39 is 6.10 Å². The van der Waals surface area contributed by atoms with Gasteiger partial charge < -0.3 is 9.84 Å². The number of ether oxygens (including phenoxy) is 1. The molecule has 0 aliphatic carbocycles. The lowest BCUT2D eigenvalue weighted by Crippen LogP contribution is -1.99. The fourth-order valence-corrected chi connectivity index (χ4v) is 1.95. The van der Waals surface area contributed by atoms with Crippen LogP contribution < -0.4 is 4.74 Å². The Morgan fingerprint density at radius 3 is 2.32 bits per heavy atom. The third kappa shape index (κ3) is 4.42. The topological polar surface area (TPSA) is 29.5 Å². The van der Waals surface area contributed by atoms with Gasteiger partial charge >= 0.3 is 0 Å². The molecule has 19 heavy (non-hydrogen) atoms. The van der Waals surface area contributed by atoms with Crippen LogP contribution in [0.2, 0.25) is 0 Å². The highest BCUT2D eigenvalue weighted by atomic mass is 16.5. The molecule has 2 nitrogen and oxygen atoms in total. The molecule has 0 saturated heterocycles. The van der Waals surface area contributed by atoms with Crippen molar-refractivity contribution < 1.29 is 9.84 Å². The average molecular weight is 256 g/mol. The van der Waals surface area contributed by atoms with Gasteiger partial charge in [-0.05, 0) is 43.0 Å². The summed E-state index contributed by atoms with van der Waals surface area (Å²) in [6.07, 6.45) is 1.61. The Kier molecular flexibility index (Phi) is 4.99. The minimum atomic E-state index is -0.424. The van der Waals surface area contributed by atoms with Gasteiger partial charge in [-0.2, -0.15) is 0 Å². The van der Waals surface area contributed by atoms with Crippen molar-refractivity contribution in [3.05, 3.63) is 65.7 Å². The SMILES string of the molecule is C[C@@H](O)c1ccc(OCCCc2ccccc2)cc1. The number of benzene rings is 2. The lowest BCUT2D eigenvalue weighted by molar-refractivity contribution is 0.199. The highest BCUT2D eigenvalue weighted by Gasteiger charge is 2.00. The normalized spacial score (nSPS) is 12.1. The molecule has 1 atom stereocenters. The van der Waals surface area contributed by atoms with Crippen molar-refractivity contribution in [3.8, 4) is 5.75 Å². The third-order valence-electron chi connectivity index (χ3n) is 3.08. The molecule has 2 aromatic carbocycles. The number of aliphatic hydroxyl groups excluding tert-OH is 1. The van der Waals surface area contributed by atoms with Crippen molar-refractivity contribution in [1.82, 2.24) is 0 Å². The maximum atomic E-state index is 9.41. The van der Waals surface area contributed by atoms with Crippen LogP contribution in [0.5, 0.6) is 5.75 Å². The quantitative estimate of drug-likeness (QED) is 0.798. The van der Waals surface area contributed by atoms with Gasteiger partial charge in [-0.25, -0.2) is 0 Å². The molecule has 0 spiro atoms. The van der Waals surface area contributed by atoms with E-state index in [-0.39, 0.29) is 0 Å². The van der Waals surface area contributed by atoms with Crippen molar-refractivity contribution in [2.45, 2.75) is 25.9 Å². The molecule has 100 valence electrons. The lowest BCUT2D eigenvalue weighted by Gasteiger charge is -2.08. The first kappa shape index (κ1) is 13.6. The summed E-state index contributed by atoms with van der Waals surface area (Å²) < 4.78 is 5.68. The monoisotopic (exact) mass is 256 g/mol. The second kappa shape index (κ2) is 6.95. The van der Waals surface area contributed by atoms with Crippen molar-refractivity contribution in [2.24, 2.45) is 0 Å². The lowest BCUT2D eigenvalue weighted by atomic mass is 10.1. The minimum absolute atomic E-state index is 0.424. The van der Waals surface area contributed by atoms with Crippen LogP contribution in [0.25, 0.3) is 0 Å². The standard InChI is InChI=1S/C17H20O2/c1-14(18)16-9-11-17(12-10-16)19-13-5-8-15-6-3-2-4-7-15/h2-4,6-7,9-12,14,18H,5,8,13H2,1H3/t14-/m1/s1. The molecule has 0 saturated carbocycles. The first-order valence-electron chi connectivity index (χ1n) is 6.70. The van der Waals surface area contributed by atoms with E-state index in [0.29, 0.717) is 6.61 Å². The second-order valence-corrected chi connectivity index (χ2v) is 4.68. The molecule has 0 amide bonds. The Morgan fingerprint density at radius 2 is 1.68 bits per heavy atom. The molecule has 2 heteroatoms. The number of aryl methyl sites for hydroxylation is 1. The van der Waals surface area contributed by atoms with Gasteiger partial charge in [0, 0.05) is 0 Å². The van der Waals surface area contributed by atoms with Crippen LogP contribution >= 0.6 is 0 Å². The van der Waals surface area contributed by atoms with Crippen LogP contribution in [0.4, 0.5) is 0 Å². The van der Waals surface area contributed by atoms with Gasteiger partial charge in [0.25, 0.3) is 0 Å². The van der Waals surface area contributed by atoms with Crippen LogP contribution in [0.15, 0.2) is 54.6 Å². The van der Waals surface area contributed by atoms with E-state index in [2.05, 4.69) is 24.3 Å². The van der Waals surface area contributed by atoms with Crippen molar-refractivity contribution in [1.29, 1.82) is 0 Å². The highest BCUT2D eigenvalue weighted by molar-refractivity contribution is 5.28.